The molecule has 1 aliphatic carbocycles. The Labute approximate surface area is 180 Å². The molecule has 4 rings (SSSR count). The number of thiophene rings is 1. The second-order valence-electron chi connectivity index (χ2n) is 8.95. The summed E-state index contributed by atoms with van der Waals surface area (Å²) >= 11 is 3.34. The van der Waals surface area contributed by atoms with Gasteiger partial charge in [0.2, 0.25) is 0 Å². The number of nitrogens with zero attached hydrogens (tertiary/aromatic N) is 3. The van der Waals surface area contributed by atoms with Crippen molar-refractivity contribution in [3.8, 4) is 9.75 Å². The van der Waals surface area contributed by atoms with E-state index >= 15 is 0 Å². The molecule has 1 fully saturated rings. The number of carboxylic acid groups (broad SMARTS) is 1. The van der Waals surface area contributed by atoms with Gasteiger partial charge in [-0.3, -0.25) is 0 Å². The number of thiazole rings is 1. The van der Waals surface area contributed by atoms with Crippen LogP contribution in [0.5, 0.6) is 0 Å². The van der Waals surface area contributed by atoms with Crippen molar-refractivity contribution in [2.75, 3.05) is 45.2 Å². The van der Waals surface area contributed by atoms with Gasteiger partial charge in [0, 0.05) is 37.6 Å². The summed E-state index contributed by atoms with van der Waals surface area (Å²) in [5.74, 6) is -0.805. The van der Waals surface area contributed by atoms with E-state index in [1.165, 1.54) is 4.88 Å². The number of aromatic nitrogens is 1. The van der Waals surface area contributed by atoms with Gasteiger partial charge >= 0.3 is 5.97 Å². The van der Waals surface area contributed by atoms with E-state index in [1.54, 1.807) is 22.7 Å². The normalized spacial score (nSPS) is 19.4. The van der Waals surface area contributed by atoms with Crippen LogP contribution in [0.3, 0.4) is 0 Å². The SMILES string of the molecule is CNCc1nc(N2CCN(C)CC2)sc1-c1sc2c(c1C(=O)O)CC(C)(C)CC2. The first-order valence-corrected chi connectivity index (χ1v) is 11.9. The van der Waals surface area contributed by atoms with Gasteiger partial charge in [0.15, 0.2) is 5.13 Å². The Hall–Kier alpha value is -1.48. The number of carbonyl (C=O) groups is 1. The summed E-state index contributed by atoms with van der Waals surface area (Å²) in [5, 5.41) is 14.3. The number of piperazine rings is 1. The maximum absolute atomic E-state index is 12.3. The molecular formula is C21H30N4O2S2. The van der Waals surface area contributed by atoms with Crippen LogP contribution in [0.25, 0.3) is 9.75 Å². The van der Waals surface area contributed by atoms with Crippen LogP contribution in [-0.2, 0) is 19.4 Å². The van der Waals surface area contributed by atoms with Crippen molar-refractivity contribution in [1.82, 2.24) is 15.2 Å². The molecule has 2 aromatic rings. The first-order valence-electron chi connectivity index (χ1n) is 10.2. The molecule has 0 aromatic carbocycles. The summed E-state index contributed by atoms with van der Waals surface area (Å²) in [6, 6.07) is 0. The van der Waals surface area contributed by atoms with Gasteiger partial charge in [-0.05, 0) is 44.3 Å². The summed E-state index contributed by atoms with van der Waals surface area (Å²) < 4.78 is 0. The number of fused-ring (bicyclic) bond motifs is 1. The lowest BCUT2D eigenvalue weighted by atomic mass is 9.76. The number of nitrogens with one attached hydrogen (secondary N) is 1. The smallest absolute Gasteiger partial charge is 0.337 e. The van der Waals surface area contributed by atoms with Crippen molar-refractivity contribution < 1.29 is 9.90 Å². The number of hydrogen-bond donors (Lipinski definition) is 2. The van der Waals surface area contributed by atoms with E-state index in [0.717, 1.165) is 71.6 Å². The average Bonchev–Trinajstić information content (AvgIpc) is 3.23. The Balaban J connectivity index is 1.78. The molecule has 2 aromatic heterocycles. The fourth-order valence-electron chi connectivity index (χ4n) is 4.24. The zero-order valence-electron chi connectivity index (χ0n) is 17.7. The number of anilines is 1. The fourth-order valence-corrected chi connectivity index (χ4v) is 6.84. The second kappa shape index (κ2) is 7.98. The highest BCUT2D eigenvalue weighted by atomic mass is 32.1. The average molecular weight is 435 g/mol. The highest BCUT2D eigenvalue weighted by molar-refractivity contribution is 7.24. The van der Waals surface area contributed by atoms with Gasteiger partial charge in [0.25, 0.3) is 0 Å². The van der Waals surface area contributed by atoms with Crippen molar-refractivity contribution in [1.29, 1.82) is 0 Å². The van der Waals surface area contributed by atoms with Gasteiger partial charge < -0.3 is 20.2 Å². The minimum atomic E-state index is -0.805. The van der Waals surface area contributed by atoms with Crippen LogP contribution in [0, 0.1) is 5.41 Å². The summed E-state index contributed by atoms with van der Waals surface area (Å²) in [5.41, 5.74) is 2.69. The maximum Gasteiger partial charge on any atom is 0.337 e. The number of aromatic carboxylic acids is 1. The number of carboxylic acids is 1. The molecule has 2 N–H and O–H groups in total. The number of hydrogen-bond acceptors (Lipinski definition) is 7. The molecule has 3 heterocycles. The van der Waals surface area contributed by atoms with Crippen molar-refractivity contribution in [3.05, 3.63) is 21.7 Å². The monoisotopic (exact) mass is 434 g/mol. The first kappa shape index (κ1) is 20.8. The molecule has 0 atom stereocenters. The molecule has 2 aliphatic rings. The highest BCUT2D eigenvalue weighted by Crippen LogP contribution is 2.48. The third kappa shape index (κ3) is 4.08. The van der Waals surface area contributed by atoms with Crippen LogP contribution in [0.15, 0.2) is 0 Å². The molecule has 0 amide bonds. The van der Waals surface area contributed by atoms with Crippen LogP contribution in [0.1, 0.15) is 46.8 Å². The van der Waals surface area contributed by atoms with E-state index in [2.05, 4.69) is 36.0 Å². The molecule has 0 unspecified atom stereocenters. The summed E-state index contributed by atoms with van der Waals surface area (Å²) in [4.78, 5) is 25.1. The summed E-state index contributed by atoms with van der Waals surface area (Å²) in [7, 11) is 4.06. The number of aryl methyl sites for hydroxylation is 1. The summed E-state index contributed by atoms with van der Waals surface area (Å²) in [6.07, 6.45) is 2.92. The number of rotatable bonds is 5. The lowest BCUT2D eigenvalue weighted by molar-refractivity contribution is 0.0696. The molecule has 0 spiro atoms. The van der Waals surface area contributed by atoms with Crippen molar-refractivity contribution >= 4 is 33.8 Å². The molecule has 158 valence electrons. The molecular weight excluding hydrogens is 404 g/mol. The molecule has 8 heteroatoms. The zero-order valence-corrected chi connectivity index (χ0v) is 19.3. The van der Waals surface area contributed by atoms with Crippen LogP contribution in [0.4, 0.5) is 5.13 Å². The Morgan fingerprint density at radius 3 is 2.59 bits per heavy atom. The predicted molar refractivity (Wildman–Crippen MR) is 121 cm³/mol. The molecule has 1 saturated heterocycles. The third-order valence-corrected chi connectivity index (χ3v) is 8.61. The van der Waals surface area contributed by atoms with Gasteiger partial charge in [-0.1, -0.05) is 25.2 Å². The molecule has 1 aliphatic heterocycles. The first-order chi connectivity index (χ1) is 13.8. The summed E-state index contributed by atoms with van der Waals surface area (Å²) in [6.45, 7) is 9.10. The maximum atomic E-state index is 12.3. The molecule has 0 saturated carbocycles. The lowest BCUT2D eigenvalue weighted by Crippen LogP contribution is -2.44. The minimum Gasteiger partial charge on any atom is -0.478 e. The molecule has 6 nitrogen and oxygen atoms in total. The predicted octanol–water partition coefficient (Wildman–Crippen LogP) is 3.56. The Kier molecular flexibility index (Phi) is 5.72. The van der Waals surface area contributed by atoms with E-state index in [0.29, 0.717) is 12.1 Å². The molecule has 29 heavy (non-hydrogen) atoms. The van der Waals surface area contributed by atoms with E-state index in [1.807, 2.05) is 7.05 Å². The second-order valence-corrected chi connectivity index (χ2v) is 11.0. The standard InChI is InChI=1S/C21H30N4O2S2/c1-21(2)6-5-15-13(11-21)16(19(26)27)18(28-15)17-14(12-22-3)23-20(29-17)25-9-7-24(4)8-10-25/h22H,5-12H2,1-4H3,(H,26,27). The largest absolute Gasteiger partial charge is 0.478 e. The van der Waals surface area contributed by atoms with E-state index in [9.17, 15) is 9.90 Å². The van der Waals surface area contributed by atoms with Gasteiger partial charge in [0.1, 0.15) is 0 Å². The van der Waals surface area contributed by atoms with E-state index < -0.39 is 5.97 Å². The van der Waals surface area contributed by atoms with Crippen LogP contribution >= 0.6 is 22.7 Å². The molecule has 0 bridgehead atoms. The Bertz CT molecular complexity index is 910. The lowest BCUT2D eigenvalue weighted by Gasteiger charge is -2.32. The van der Waals surface area contributed by atoms with Crippen molar-refractivity contribution in [3.63, 3.8) is 0 Å². The number of likely N-dealkylation sites (N-methyl/N-ethyl adjacent to an activating group) is 1. The topological polar surface area (TPSA) is 68.7 Å². The van der Waals surface area contributed by atoms with Crippen LogP contribution in [0.2, 0.25) is 0 Å². The van der Waals surface area contributed by atoms with E-state index in [-0.39, 0.29) is 5.41 Å². The highest BCUT2D eigenvalue weighted by Gasteiger charge is 2.34. The van der Waals surface area contributed by atoms with Crippen LogP contribution in [-0.4, -0.2) is 61.2 Å². The quantitative estimate of drug-likeness (QED) is 0.750. The van der Waals surface area contributed by atoms with Gasteiger partial charge in [-0.25, -0.2) is 9.78 Å². The zero-order chi connectivity index (χ0) is 20.8. The van der Waals surface area contributed by atoms with Gasteiger partial charge in [0.05, 0.1) is 21.0 Å². The molecule has 0 radical (unpaired) electrons. The van der Waals surface area contributed by atoms with Crippen molar-refractivity contribution in [2.45, 2.75) is 39.7 Å². The van der Waals surface area contributed by atoms with Gasteiger partial charge in [-0.15, -0.1) is 11.3 Å². The minimum absolute atomic E-state index is 0.155. The van der Waals surface area contributed by atoms with Crippen LogP contribution < -0.4 is 10.2 Å². The Morgan fingerprint density at radius 1 is 1.21 bits per heavy atom. The van der Waals surface area contributed by atoms with Gasteiger partial charge in [-0.2, -0.15) is 0 Å². The van der Waals surface area contributed by atoms with Crippen molar-refractivity contribution in [2.24, 2.45) is 5.41 Å². The third-order valence-electron chi connectivity index (χ3n) is 6.00. The fraction of sp³-hybridized carbons (Fsp3) is 0.619. The van der Waals surface area contributed by atoms with E-state index in [4.69, 9.17) is 4.98 Å². The Morgan fingerprint density at radius 2 is 1.93 bits per heavy atom.